The van der Waals surface area contributed by atoms with E-state index in [1.165, 1.54) is 11.5 Å². The summed E-state index contributed by atoms with van der Waals surface area (Å²) in [6.45, 7) is 1.91. The van der Waals surface area contributed by atoms with Gasteiger partial charge in [0, 0.05) is 5.56 Å². The molecule has 2 aromatic heterocycles. The van der Waals surface area contributed by atoms with Crippen LogP contribution in [0.3, 0.4) is 0 Å². The second kappa shape index (κ2) is 6.02. The highest BCUT2D eigenvalue weighted by Crippen LogP contribution is 2.41. The van der Waals surface area contributed by atoms with Gasteiger partial charge in [0.25, 0.3) is 0 Å². The van der Waals surface area contributed by atoms with Crippen molar-refractivity contribution in [2.24, 2.45) is 0 Å². The minimum absolute atomic E-state index is 0.112. The Bertz CT molecular complexity index is 849. The summed E-state index contributed by atoms with van der Waals surface area (Å²) in [7, 11) is 0. The minimum atomic E-state index is -0.659. The predicted octanol–water partition coefficient (Wildman–Crippen LogP) is 4.00. The van der Waals surface area contributed by atoms with Crippen LogP contribution in [0.15, 0.2) is 34.9 Å². The summed E-state index contributed by atoms with van der Waals surface area (Å²) in [4.78, 5) is 16.0. The van der Waals surface area contributed by atoms with Crippen molar-refractivity contribution < 1.29 is 14.6 Å². The monoisotopic (exact) mass is 378 g/mol. The highest BCUT2D eigenvalue weighted by atomic mass is 79.9. The van der Waals surface area contributed by atoms with Crippen molar-refractivity contribution in [1.29, 1.82) is 0 Å². The number of benzene rings is 1. The van der Waals surface area contributed by atoms with Gasteiger partial charge in [0.2, 0.25) is 0 Å². The average Bonchev–Trinajstić information content (AvgIpc) is 2.97. The van der Waals surface area contributed by atoms with Gasteiger partial charge in [-0.05, 0) is 34.4 Å². The van der Waals surface area contributed by atoms with Crippen LogP contribution in [0, 0.1) is 0 Å². The Kier molecular flexibility index (Phi) is 4.08. The first-order valence-corrected chi connectivity index (χ1v) is 8.10. The number of aromatic nitrogens is 2. The van der Waals surface area contributed by atoms with E-state index in [9.17, 15) is 9.90 Å². The van der Waals surface area contributed by atoms with Crippen molar-refractivity contribution in [2.75, 3.05) is 6.61 Å². The van der Waals surface area contributed by atoms with E-state index in [0.717, 1.165) is 5.56 Å². The Morgan fingerprint density at radius 2 is 2.09 bits per heavy atom. The maximum atomic E-state index is 11.9. The molecule has 0 fully saturated rings. The van der Waals surface area contributed by atoms with Crippen LogP contribution in [0.25, 0.3) is 21.3 Å². The van der Waals surface area contributed by atoms with Crippen molar-refractivity contribution in [2.45, 2.75) is 6.92 Å². The lowest BCUT2D eigenvalue weighted by molar-refractivity contribution is 0.0516. The summed E-state index contributed by atoms with van der Waals surface area (Å²) in [5, 5.41) is 11.0. The summed E-state index contributed by atoms with van der Waals surface area (Å²) in [5.41, 5.74) is 1.36. The number of aromatic hydroxyl groups is 1. The van der Waals surface area contributed by atoms with Crippen LogP contribution in [0.2, 0.25) is 0 Å². The van der Waals surface area contributed by atoms with Crippen LogP contribution in [0.1, 0.15) is 17.4 Å². The summed E-state index contributed by atoms with van der Waals surface area (Å²) >= 11 is 4.54. The second-order valence-corrected chi connectivity index (χ2v) is 5.95. The third kappa shape index (κ3) is 2.46. The lowest BCUT2D eigenvalue weighted by Crippen LogP contribution is -2.07. The second-order valence-electron chi connectivity index (χ2n) is 4.42. The number of fused-ring (bicyclic) bond motifs is 1. The summed E-state index contributed by atoms with van der Waals surface area (Å²) in [5.74, 6) is -0.864. The third-order valence-corrected chi connectivity index (χ3v) is 4.76. The van der Waals surface area contributed by atoms with Crippen molar-refractivity contribution in [1.82, 2.24) is 9.36 Å². The summed E-state index contributed by atoms with van der Waals surface area (Å²) < 4.78 is 10.5. The predicted molar refractivity (Wildman–Crippen MR) is 88.2 cm³/mol. The van der Waals surface area contributed by atoms with Gasteiger partial charge in [-0.2, -0.15) is 4.37 Å². The zero-order valence-corrected chi connectivity index (χ0v) is 13.9. The molecule has 1 aromatic carbocycles. The molecule has 0 saturated heterocycles. The number of ether oxygens (including phenoxy) is 1. The molecule has 0 saturated carbocycles. The fourth-order valence-corrected chi connectivity index (χ4v) is 3.48. The molecular weight excluding hydrogens is 368 g/mol. The van der Waals surface area contributed by atoms with Gasteiger partial charge in [-0.25, -0.2) is 9.78 Å². The highest BCUT2D eigenvalue weighted by Gasteiger charge is 2.24. The molecule has 1 N–H and O–H groups in total. The van der Waals surface area contributed by atoms with Gasteiger partial charge in [-0.1, -0.05) is 30.3 Å². The molecule has 0 atom stereocenters. The first kappa shape index (κ1) is 14.9. The largest absolute Gasteiger partial charge is 0.505 e. The Labute approximate surface area is 138 Å². The number of hydrogen-bond donors (Lipinski definition) is 1. The smallest absolute Gasteiger partial charge is 0.360 e. The third-order valence-electron chi connectivity index (χ3n) is 3.07. The molecule has 0 bridgehead atoms. The van der Waals surface area contributed by atoms with Gasteiger partial charge in [0.15, 0.2) is 11.4 Å². The number of halogens is 1. The molecule has 0 aliphatic heterocycles. The molecule has 3 rings (SSSR count). The molecule has 3 aromatic rings. The Hall–Kier alpha value is -1.99. The van der Waals surface area contributed by atoms with Crippen molar-refractivity contribution in [3.63, 3.8) is 0 Å². The Morgan fingerprint density at radius 1 is 1.36 bits per heavy atom. The van der Waals surface area contributed by atoms with E-state index in [0.29, 0.717) is 20.4 Å². The lowest BCUT2D eigenvalue weighted by atomic mass is 10.1. The minimum Gasteiger partial charge on any atom is -0.505 e. The van der Waals surface area contributed by atoms with Crippen LogP contribution in [0.4, 0.5) is 0 Å². The van der Waals surface area contributed by atoms with Crippen LogP contribution < -0.4 is 0 Å². The van der Waals surface area contributed by atoms with Crippen LogP contribution in [-0.4, -0.2) is 27.0 Å². The number of nitrogens with zero attached hydrogens (tertiary/aromatic N) is 2. The van der Waals surface area contributed by atoms with Gasteiger partial charge in [0.05, 0.1) is 22.4 Å². The van der Waals surface area contributed by atoms with Gasteiger partial charge in [-0.15, -0.1) is 0 Å². The first-order chi connectivity index (χ1) is 10.6. The van der Waals surface area contributed by atoms with Gasteiger partial charge in [-0.3, -0.25) is 0 Å². The van der Waals surface area contributed by atoms with E-state index < -0.39 is 5.97 Å². The SMILES string of the molecule is CCOC(=O)c1nc(Br)c2snc(-c3ccccc3)c2c1O. The molecular formula is C15H11BrN2O3S. The van der Waals surface area contributed by atoms with Crippen molar-refractivity contribution in [3.05, 3.63) is 40.6 Å². The molecule has 0 radical (unpaired) electrons. The number of hydrogen-bond acceptors (Lipinski definition) is 6. The van der Waals surface area contributed by atoms with E-state index >= 15 is 0 Å². The molecule has 0 spiro atoms. The topological polar surface area (TPSA) is 72.3 Å². The first-order valence-electron chi connectivity index (χ1n) is 6.53. The molecule has 22 heavy (non-hydrogen) atoms. The van der Waals surface area contributed by atoms with E-state index in [1.54, 1.807) is 6.92 Å². The number of esters is 1. The maximum Gasteiger partial charge on any atom is 0.360 e. The normalized spacial score (nSPS) is 10.8. The van der Waals surface area contributed by atoms with Crippen LogP contribution in [0.5, 0.6) is 5.75 Å². The lowest BCUT2D eigenvalue weighted by Gasteiger charge is -2.07. The molecule has 0 unspecified atom stereocenters. The summed E-state index contributed by atoms with van der Waals surface area (Å²) in [6.07, 6.45) is 0. The molecule has 2 heterocycles. The van der Waals surface area contributed by atoms with Gasteiger partial charge in [0.1, 0.15) is 4.60 Å². The highest BCUT2D eigenvalue weighted by molar-refractivity contribution is 9.10. The number of carbonyl (C=O) groups is 1. The zero-order chi connectivity index (χ0) is 15.7. The van der Waals surface area contributed by atoms with Crippen LogP contribution in [-0.2, 0) is 4.74 Å². The van der Waals surface area contributed by atoms with E-state index in [2.05, 4.69) is 25.3 Å². The maximum absolute atomic E-state index is 11.9. The average molecular weight is 379 g/mol. The van der Waals surface area contributed by atoms with Gasteiger partial charge >= 0.3 is 5.97 Å². The molecule has 112 valence electrons. The molecule has 7 heteroatoms. The summed E-state index contributed by atoms with van der Waals surface area (Å²) in [6, 6.07) is 9.47. The number of pyridine rings is 1. The Balaban J connectivity index is 2.27. The Morgan fingerprint density at radius 3 is 2.77 bits per heavy atom. The fraction of sp³-hybridized carbons (Fsp3) is 0.133. The molecule has 0 aliphatic rings. The number of rotatable bonds is 3. The molecule has 0 aliphatic carbocycles. The van der Waals surface area contributed by atoms with E-state index in [1.807, 2.05) is 30.3 Å². The molecule has 5 nitrogen and oxygen atoms in total. The quantitative estimate of drug-likeness (QED) is 0.550. The molecule has 0 amide bonds. The standard InChI is InChI=1S/C15H11BrN2O3S/c1-2-21-15(20)11-12(19)9-10(8-6-4-3-5-7-8)18-22-13(9)14(16)17-11/h3-7,19H,2H2,1H3. The number of carbonyl (C=O) groups excluding carboxylic acids is 1. The van der Waals surface area contributed by atoms with E-state index in [-0.39, 0.29) is 18.1 Å². The van der Waals surface area contributed by atoms with E-state index in [4.69, 9.17) is 4.74 Å². The van der Waals surface area contributed by atoms with Crippen molar-refractivity contribution >= 4 is 43.5 Å². The van der Waals surface area contributed by atoms with Crippen molar-refractivity contribution in [3.8, 4) is 17.0 Å². The fourth-order valence-electron chi connectivity index (χ4n) is 2.11. The van der Waals surface area contributed by atoms with Gasteiger partial charge < -0.3 is 9.84 Å². The zero-order valence-electron chi connectivity index (χ0n) is 11.5. The van der Waals surface area contributed by atoms with Crippen LogP contribution >= 0.6 is 27.5 Å².